The molecule has 1 atom stereocenters. The molecule has 4 rings (SSSR count). The maximum Gasteiger partial charge on any atom is 0.264 e. The Morgan fingerprint density at radius 3 is 1.98 bits per heavy atom. The van der Waals surface area contributed by atoms with Crippen LogP contribution in [0, 0.1) is 0 Å². The number of carbonyl (C=O) groups excluding carboxylic acids is 2. The Bertz CT molecular complexity index is 1690. The van der Waals surface area contributed by atoms with Gasteiger partial charge in [-0.1, -0.05) is 101 Å². The Balaban J connectivity index is 1.82. The molecule has 0 heterocycles. The van der Waals surface area contributed by atoms with E-state index in [1.807, 2.05) is 30.3 Å². The van der Waals surface area contributed by atoms with Crippen LogP contribution in [0.4, 0.5) is 5.69 Å². The molecule has 0 aliphatic heterocycles. The van der Waals surface area contributed by atoms with E-state index >= 15 is 0 Å². The van der Waals surface area contributed by atoms with Gasteiger partial charge >= 0.3 is 0 Å². The number of nitrogens with one attached hydrogen (secondary N) is 1. The van der Waals surface area contributed by atoms with Crippen molar-refractivity contribution in [1.29, 1.82) is 0 Å². The summed E-state index contributed by atoms with van der Waals surface area (Å²) in [4.78, 5) is 28.9. The average molecular weight is 679 g/mol. The molecule has 7 nitrogen and oxygen atoms in total. The van der Waals surface area contributed by atoms with Crippen molar-refractivity contribution in [3.63, 3.8) is 0 Å². The van der Waals surface area contributed by atoms with Crippen LogP contribution in [0.25, 0.3) is 0 Å². The molecule has 12 heteroatoms. The fourth-order valence-corrected chi connectivity index (χ4v) is 6.89. The monoisotopic (exact) mass is 677 g/mol. The number of anilines is 1. The molecule has 1 N–H and O–H groups in total. The summed E-state index contributed by atoms with van der Waals surface area (Å²) in [5.41, 5.74) is 1.40. The van der Waals surface area contributed by atoms with Crippen LogP contribution in [-0.4, -0.2) is 44.8 Å². The number of nitrogens with zero attached hydrogens (tertiary/aromatic N) is 2. The number of carbonyl (C=O) groups is 2. The van der Waals surface area contributed by atoms with Crippen molar-refractivity contribution in [3.05, 3.63) is 128 Å². The number of sulfonamides is 1. The third kappa shape index (κ3) is 8.22. The molecule has 0 fully saturated rings. The molecule has 0 radical (unpaired) electrons. The minimum absolute atomic E-state index is 0.0432. The molecule has 1 unspecified atom stereocenters. The van der Waals surface area contributed by atoms with Crippen LogP contribution in [-0.2, 0) is 32.6 Å². The van der Waals surface area contributed by atoms with E-state index in [-0.39, 0.29) is 38.6 Å². The summed E-state index contributed by atoms with van der Waals surface area (Å²) in [5.74, 6) is -1.10. The van der Waals surface area contributed by atoms with E-state index in [1.54, 1.807) is 30.3 Å². The molecular weight excluding hydrogens is 652 g/mol. The van der Waals surface area contributed by atoms with Gasteiger partial charge in [-0.25, -0.2) is 8.42 Å². The van der Waals surface area contributed by atoms with Crippen LogP contribution >= 0.6 is 46.4 Å². The van der Waals surface area contributed by atoms with Crippen LogP contribution < -0.4 is 9.62 Å². The fraction of sp³-hybridized carbons (Fsp3) is 0.161. The minimum Gasteiger partial charge on any atom is -0.357 e. The van der Waals surface area contributed by atoms with Crippen LogP contribution in [0.1, 0.15) is 11.1 Å². The molecule has 4 aromatic carbocycles. The Morgan fingerprint density at radius 2 is 1.40 bits per heavy atom. The van der Waals surface area contributed by atoms with Gasteiger partial charge in [-0.05, 0) is 53.6 Å². The summed E-state index contributed by atoms with van der Waals surface area (Å²) in [6.45, 7) is -0.767. The second-order valence-corrected chi connectivity index (χ2v) is 13.1. The number of halogens is 4. The van der Waals surface area contributed by atoms with Gasteiger partial charge in [0.15, 0.2) is 0 Å². The van der Waals surface area contributed by atoms with E-state index in [0.717, 1.165) is 9.87 Å². The molecule has 4 aromatic rings. The SMILES string of the molecule is CNC(=O)C(Cc1ccccc1)N(Cc1ccc(Cl)cc1Cl)C(=O)CN(c1cc(Cl)cc(Cl)c1)S(=O)(=O)c1ccccc1. The van der Waals surface area contributed by atoms with Gasteiger partial charge in [0.05, 0.1) is 10.6 Å². The summed E-state index contributed by atoms with van der Waals surface area (Å²) >= 11 is 25.1. The van der Waals surface area contributed by atoms with Crippen molar-refractivity contribution in [2.24, 2.45) is 0 Å². The first-order chi connectivity index (χ1) is 20.5. The topological polar surface area (TPSA) is 86.8 Å². The molecular formula is C31H27Cl4N3O4S. The molecule has 0 aliphatic rings. The summed E-state index contributed by atoms with van der Waals surface area (Å²) < 4.78 is 28.9. The van der Waals surface area contributed by atoms with E-state index in [4.69, 9.17) is 46.4 Å². The molecule has 43 heavy (non-hydrogen) atoms. The highest BCUT2D eigenvalue weighted by atomic mass is 35.5. The highest BCUT2D eigenvalue weighted by molar-refractivity contribution is 7.92. The van der Waals surface area contributed by atoms with Crippen molar-refractivity contribution in [3.8, 4) is 0 Å². The lowest BCUT2D eigenvalue weighted by atomic mass is 10.0. The smallest absolute Gasteiger partial charge is 0.264 e. The van der Waals surface area contributed by atoms with Gasteiger partial charge in [0.2, 0.25) is 11.8 Å². The van der Waals surface area contributed by atoms with Crippen molar-refractivity contribution >= 4 is 73.9 Å². The molecule has 2 amide bonds. The number of likely N-dealkylation sites (N-methyl/N-ethyl adjacent to an activating group) is 1. The Kier molecular flexibility index (Phi) is 11.0. The minimum atomic E-state index is -4.29. The third-order valence-corrected chi connectivity index (χ3v) is 9.43. The van der Waals surface area contributed by atoms with Gasteiger partial charge in [-0.2, -0.15) is 0 Å². The number of hydrogen-bond donors (Lipinski definition) is 1. The Hall–Kier alpha value is -3.27. The zero-order chi connectivity index (χ0) is 31.1. The molecule has 0 saturated heterocycles. The third-order valence-electron chi connectivity index (χ3n) is 6.62. The van der Waals surface area contributed by atoms with Crippen LogP contribution in [0.3, 0.4) is 0 Å². The molecule has 0 aliphatic carbocycles. The van der Waals surface area contributed by atoms with Gasteiger partial charge < -0.3 is 10.2 Å². The number of rotatable bonds is 11. The Morgan fingerprint density at radius 1 is 0.791 bits per heavy atom. The highest BCUT2D eigenvalue weighted by Crippen LogP contribution is 2.31. The van der Waals surface area contributed by atoms with E-state index in [9.17, 15) is 18.0 Å². The first-order valence-corrected chi connectivity index (χ1v) is 16.0. The summed E-state index contributed by atoms with van der Waals surface area (Å²) in [6, 6.07) is 24.9. The second kappa shape index (κ2) is 14.5. The van der Waals surface area contributed by atoms with Crippen LogP contribution in [0.15, 0.2) is 102 Å². The van der Waals surface area contributed by atoms with E-state index in [2.05, 4.69) is 5.32 Å². The predicted molar refractivity (Wildman–Crippen MR) is 172 cm³/mol. The molecule has 0 spiro atoms. The summed E-state index contributed by atoms with van der Waals surface area (Å²) in [7, 11) is -2.82. The van der Waals surface area contributed by atoms with Gasteiger partial charge in [0.25, 0.3) is 10.0 Å². The highest BCUT2D eigenvalue weighted by Gasteiger charge is 2.34. The lowest BCUT2D eigenvalue weighted by Gasteiger charge is -2.34. The van der Waals surface area contributed by atoms with E-state index in [0.29, 0.717) is 10.6 Å². The quantitative estimate of drug-likeness (QED) is 0.187. The van der Waals surface area contributed by atoms with E-state index in [1.165, 1.54) is 48.3 Å². The van der Waals surface area contributed by atoms with Crippen molar-refractivity contribution in [2.75, 3.05) is 17.9 Å². The predicted octanol–water partition coefficient (Wildman–Crippen LogP) is 6.88. The zero-order valence-electron chi connectivity index (χ0n) is 22.9. The molecule has 224 valence electrons. The van der Waals surface area contributed by atoms with Gasteiger partial charge in [-0.3, -0.25) is 13.9 Å². The van der Waals surface area contributed by atoms with E-state index < -0.39 is 34.4 Å². The standard InChI is InChI=1S/C31H27Cl4N3O4S/c1-36-31(40)29(14-21-8-4-2-5-9-21)37(19-22-12-13-23(32)18-28(22)35)30(39)20-38(26-16-24(33)15-25(34)17-26)43(41,42)27-10-6-3-7-11-27/h2-13,15-18,29H,14,19-20H2,1H3,(H,36,40). The summed E-state index contributed by atoms with van der Waals surface area (Å²) in [5, 5.41) is 3.68. The fourth-order valence-electron chi connectivity index (χ4n) is 4.49. The first-order valence-electron chi connectivity index (χ1n) is 13.0. The maximum absolute atomic E-state index is 14.3. The first kappa shape index (κ1) is 32.6. The second-order valence-electron chi connectivity index (χ2n) is 9.53. The van der Waals surface area contributed by atoms with Crippen LogP contribution in [0.2, 0.25) is 20.1 Å². The lowest BCUT2D eigenvalue weighted by Crippen LogP contribution is -2.53. The van der Waals surface area contributed by atoms with Crippen molar-refractivity contribution in [2.45, 2.75) is 23.9 Å². The summed E-state index contributed by atoms with van der Waals surface area (Å²) in [6.07, 6.45) is 0.159. The zero-order valence-corrected chi connectivity index (χ0v) is 26.7. The number of benzene rings is 4. The maximum atomic E-state index is 14.3. The Labute approximate surface area is 271 Å². The number of hydrogen-bond acceptors (Lipinski definition) is 4. The lowest BCUT2D eigenvalue weighted by molar-refractivity contribution is -0.139. The normalized spacial score (nSPS) is 11.9. The van der Waals surface area contributed by atoms with Crippen molar-refractivity contribution in [1.82, 2.24) is 10.2 Å². The van der Waals surface area contributed by atoms with Gasteiger partial charge in [0.1, 0.15) is 12.6 Å². The largest absolute Gasteiger partial charge is 0.357 e. The average Bonchev–Trinajstić information content (AvgIpc) is 2.98. The molecule has 0 saturated carbocycles. The molecule has 0 bridgehead atoms. The van der Waals surface area contributed by atoms with Gasteiger partial charge in [0, 0.05) is 40.1 Å². The van der Waals surface area contributed by atoms with Crippen molar-refractivity contribution < 1.29 is 18.0 Å². The molecule has 0 aromatic heterocycles. The number of amides is 2. The van der Waals surface area contributed by atoms with Crippen LogP contribution in [0.5, 0.6) is 0 Å². The van der Waals surface area contributed by atoms with Gasteiger partial charge in [-0.15, -0.1) is 0 Å².